The molecule has 4 nitrogen and oxygen atoms in total. The fraction of sp³-hybridized carbons (Fsp3) is 0. The topological polar surface area (TPSA) is 51.8 Å². The molecule has 0 saturated carbocycles. The Morgan fingerprint density at radius 2 is 0.689 bits per heavy atom. The van der Waals surface area contributed by atoms with Crippen LogP contribution in [0.2, 0.25) is 0 Å². The molecule has 2 heterocycles. The first-order valence-corrected chi connectivity index (χ1v) is 20.5. The molecule has 0 unspecified atom stereocenters. The van der Waals surface area contributed by atoms with E-state index in [1.165, 1.54) is 11.1 Å². The van der Waals surface area contributed by atoms with E-state index in [9.17, 15) is 0 Å². The van der Waals surface area contributed by atoms with E-state index in [2.05, 4.69) is 164 Å². The zero-order valence-electron chi connectivity index (χ0n) is 33.1. The van der Waals surface area contributed by atoms with Gasteiger partial charge in [-0.15, -0.1) is 0 Å². The maximum atomic E-state index is 6.31. The predicted molar refractivity (Wildman–Crippen MR) is 251 cm³/mol. The van der Waals surface area contributed by atoms with Gasteiger partial charge in [-0.2, -0.15) is 0 Å². The van der Waals surface area contributed by atoms with E-state index in [-0.39, 0.29) is 0 Å². The molecule has 0 aliphatic carbocycles. The Morgan fingerprint density at radius 1 is 0.262 bits per heavy atom. The lowest BCUT2D eigenvalue weighted by atomic mass is 9.79. The molecule has 61 heavy (non-hydrogen) atoms. The molecule has 11 aromatic rings. The van der Waals surface area contributed by atoms with Crippen LogP contribution in [0, 0.1) is 0 Å². The smallest absolute Gasteiger partial charge is 0.164 e. The number of rotatable bonds is 8. The Morgan fingerprint density at radius 3 is 1.31 bits per heavy atom. The van der Waals surface area contributed by atoms with Crippen LogP contribution < -0.4 is 0 Å². The number of para-hydroxylation sites is 1. The van der Waals surface area contributed by atoms with Crippen LogP contribution in [-0.4, -0.2) is 15.0 Å². The van der Waals surface area contributed by atoms with Crippen LogP contribution in [0.1, 0.15) is 0 Å². The van der Waals surface area contributed by atoms with Gasteiger partial charge in [0.25, 0.3) is 0 Å². The Balaban J connectivity index is 1.19. The number of aromatic nitrogens is 3. The van der Waals surface area contributed by atoms with Crippen molar-refractivity contribution in [2.75, 3.05) is 0 Å². The SMILES string of the molecule is c1ccc(-c2nc(-c3cccc(-c4cc(-c5ccccc5)c(-c5ccccc5)c(-c5ccccc5)c4-c4ccccc4)c3)nc(-c3cccc4oc5ccccc5c34)n2)cc1. The summed E-state index contributed by atoms with van der Waals surface area (Å²) in [7, 11) is 0. The van der Waals surface area contributed by atoms with Crippen molar-refractivity contribution in [2.45, 2.75) is 0 Å². The summed E-state index contributed by atoms with van der Waals surface area (Å²) >= 11 is 0. The van der Waals surface area contributed by atoms with Gasteiger partial charge in [0.05, 0.1) is 0 Å². The first-order valence-electron chi connectivity index (χ1n) is 20.5. The second-order valence-electron chi connectivity index (χ2n) is 15.1. The van der Waals surface area contributed by atoms with Gasteiger partial charge in [0, 0.05) is 27.5 Å². The summed E-state index contributed by atoms with van der Waals surface area (Å²) in [6.45, 7) is 0. The van der Waals surface area contributed by atoms with E-state index in [1.54, 1.807) is 0 Å². The Labute approximate surface area is 354 Å². The predicted octanol–water partition coefficient (Wildman–Crippen LogP) is 15.1. The molecule has 4 heteroatoms. The maximum absolute atomic E-state index is 6.31. The van der Waals surface area contributed by atoms with Crippen molar-refractivity contribution >= 4 is 21.9 Å². The summed E-state index contributed by atoms with van der Waals surface area (Å²) in [5.41, 5.74) is 15.7. The van der Waals surface area contributed by atoms with Crippen molar-refractivity contribution in [1.82, 2.24) is 15.0 Å². The second-order valence-corrected chi connectivity index (χ2v) is 15.1. The van der Waals surface area contributed by atoms with Crippen LogP contribution in [-0.2, 0) is 0 Å². The van der Waals surface area contributed by atoms with Gasteiger partial charge in [-0.1, -0.05) is 200 Å². The van der Waals surface area contributed by atoms with Crippen LogP contribution >= 0.6 is 0 Å². The monoisotopic (exact) mass is 779 g/mol. The standard InChI is InChI=1S/C57H37N3O/c1-6-20-38(21-7-1)47-37-48(52(40-24-10-3-11-25-40)53(41-26-12-4-13-27-41)51(47)39-22-8-2-9-23-39)43-30-18-31-44(36-43)56-58-55(42-28-14-5-15-29-42)59-57(60-56)46-33-19-35-50-54(46)45-32-16-17-34-49(45)61-50/h1-37H. The number of furan rings is 1. The van der Waals surface area contributed by atoms with E-state index in [4.69, 9.17) is 19.4 Å². The molecule has 0 radical (unpaired) electrons. The molecule has 0 aliphatic heterocycles. The minimum atomic E-state index is 0.585. The summed E-state index contributed by atoms with van der Waals surface area (Å²) in [6, 6.07) is 78.4. The third kappa shape index (κ3) is 6.67. The number of fused-ring (bicyclic) bond motifs is 3. The van der Waals surface area contributed by atoms with Crippen molar-refractivity contribution < 1.29 is 4.42 Å². The summed E-state index contributed by atoms with van der Waals surface area (Å²) in [6.07, 6.45) is 0. The molecular weight excluding hydrogens is 743 g/mol. The van der Waals surface area contributed by atoms with Gasteiger partial charge in [0.1, 0.15) is 11.2 Å². The quantitative estimate of drug-likeness (QED) is 0.154. The largest absolute Gasteiger partial charge is 0.456 e. The molecular formula is C57H37N3O. The summed E-state index contributed by atoms with van der Waals surface area (Å²) in [4.78, 5) is 15.6. The zero-order chi connectivity index (χ0) is 40.5. The van der Waals surface area contributed by atoms with Crippen molar-refractivity contribution in [3.05, 3.63) is 224 Å². The number of nitrogens with zero attached hydrogens (tertiary/aromatic N) is 3. The number of benzene rings is 9. The third-order valence-corrected chi connectivity index (χ3v) is 11.3. The summed E-state index contributed by atoms with van der Waals surface area (Å²) < 4.78 is 6.31. The van der Waals surface area contributed by atoms with Gasteiger partial charge in [-0.3, -0.25) is 0 Å². The van der Waals surface area contributed by atoms with Crippen molar-refractivity contribution in [1.29, 1.82) is 0 Å². The molecule has 2 aromatic heterocycles. The number of hydrogen-bond acceptors (Lipinski definition) is 4. The highest BCUT2D eigenvalue weighted by Crippen LogP contribution is 2.50. The number of hydrogen-bond donors (Lipinski definition) is 0. The summed E-state index contributed by atoms with van der Waals surface area (Å²) in [5.74, 6) is 1.77. The Hall–Kier alpha value is -8.21. The summed E-state index contributed by atoms with van der Waals surface area (Å²) in [5, 5.41) is 2.00. The third-order valence-electron chi connectivity index (χ3n) is 11.3. The highest BCUT2D eigenvalue weighted by molar-refractivity contribution is 6.12. The molecule has 0 amide bonds. The van der Waals surface area contributed by atoms with E-state index < -0.39 is 0 Å². The lowest BCUT2D eigenvalue weighted by Gasteiger charge is -2.24. The van der Waals surface area contributed by atoms with Crippen LogP contribution in [0.25, 0.3) is 112 Å². The van der Waals surface area contributed by atoms with Crippen molar-refractivity contribution in [3.8, 4) is 89.8 Å². The lowest BCUT2D eigenvalue weighted by molar-refractivity contribution is 0.669. The van der Waals surface area contributed by atoms with Gasteiger partial charge in [-0.25, -0.2) is 15.0 Å². The Kier molecular flexibility index (Phi) is 9.14. The van der Waals surface area contributed by atoms with E-state index in [0.717, 1.165) is 83.1 Å². The molecule has 286 valence electrons. The normalized spacial score (nSPS) is 11.3. The zero-order valence-corrected chi connectivity index (χ0v) is 33.1. The Bertz CT molecular complexity index is 3330. The van der Waals surface area contributed by atoms with Crippen LogP contribution in [0.5, 0.6) is 0 Å². The van der Waals surface area contributed by atoms with Crippen LogP contribution in [0.15, 0.2) is 229 Å². The lowest BCUT2D eigenvalue weighted by Crippen LogP contribution is -2.01. The fourth-order valence-corrected chi connectivity index (χ4v) is 8.59. The van der Waals surface area contributed by atoms with E-state index >= 15 is 0 Å². The van der Waals surface area contributed by atoms with Gasteiger partial charge in [-0.05, 0) is 79.9 Å². The molecule has 0 bridgehead atoms. The molecule has 0 fully saturated rings. The van der Waals surface area contributed by atoms with Crippen molar-refractivity contribution in [2.24, 2.45) is 0 Å². The molecule has 11 rings (SSSR count). The van der Waals surface area contributed by atoms with E-state index in [1.807, 2.05) is 60.7 Å². The van der Waals surface area contributed by atoms with Crippen LogP contribution in [0.3, 0.4) is 0 Å². The first kappa shape index (κ1) is 35.9. The molecule has 9 aromatic carbocycles. The van der Waals surface area contributed by atoms with Gasteiger partial charge < -0.3 is 4.42 Å². The van der Waals surface area contributed by atoms with E-state index in [0.29, 0.717) is 17.5 Å². The highest BCUT2D eigenvalue weighted by Gasteiger charge is 2.24. The molecule has 0 spiro atoms. The molecule has 0 aliphatic rings. The minimum Gasteiger partial charge on any atom is -0.456 e. The van der Waals surface area contributed by atoms with Gasteiger partial charge in [0.15, 0.2) is 17.5 Å². The minimum absolute atomic E-state index is 0.585. The van der Waals surface area contributed by atoms with Crippen LogP contribution in [0.4, 0.5) is 0 Å². The van der Waals surface area contributed by atoms with Crippen molar-refractivity contribution in [3.63, 3.8) is 0 Å². The molecule has 0 N–H and O–H groups in total. The fourth-order valence-electron chi connectivity index (χ4n) is 8.59. The van der Waals surface area contributed by atoms with Gasteiger partial charge >= 0.3 is 0 Å². The molecule has 0 saturated heterocycles. The first-order chi connectivity index (χ1) is 30.3. The molecule has 0 atom stereocenters. The second kappa shape index (κ2) is 15.5. The average Bonchev–Trinajstić information content (AvgIpc) is 3.74. The maximum Gasteiger partial charge on any atom is 0.164 e. The average molecular weight is 780 g/mol. The highest BCUT2D eigenvalue weighted by atomic mass is 16.3. The van der Waals surface area contributed by atoms with Gasteiger partial charge in [0.2, 0.25) is 0 Å².